The molecular weight excluding hydrogens is 170 g/mol. The van der Waals surface area contributed by atoms with Gasteiger partial charge in [0, 0.05) is 6.54 Å². The monoisotopic (exact) mass is 185 g/mol. The van der Waals surface area contributed by atoms with Crippen LogP contribution in [0.25, 0.3) is 0 Å². The Morgan fingerprint density at radius 1 is 1.46 bits per heavy atom. The van der Waals surface area contributed by atoms with Gasteiger partial charge >= 0.3 is 0 Å². The molecule has 0 unspecified atom stereocenters. The highest BCUT2D eigenvalue weighted by Gasteiger charge is 2.34. The summed E-state index contributed by atoms with van der Waals surface area (Å²) in [5.41, 5.74) is -0.702. The molecule has 1 aliphatic carbocycles. The summed E-state index contributed by atoms with van der Waals surface area (Å²) in [5, 5.41) is 12.1. The summed E-state index contributed by atoms with van der Waals surface area (Å²) in [7, 11) is 0. The zero-order chi connectivity index (χ0) is 9.90. The van der Waals surface area contributed by atoms with Crippen LogP contribution in [0.3, 0.4) is 0 Å². The molecule has 1 rings (SSSR count). The van der Waals surface area contributed by atoms with Crippen LogP contribution in [-0.2, 0) is 9.59 Å². The normalized spacial score (nSPS) is 18.9. The maximum absolute atomic E-state index is 11.0. The fourth-order valence-electron chi connectivity index (χ4n) is 1.31. The molecule has 0 aromatic heterocycles. The van der Waals surface area contributed by atoms with Crippen LogP contribution in [0.15, 0.2) is 0 Å². The first-order chi connectivity index (χ1) is 6.02. The fourth-order valence-corrected chi connectivity index (χ4v) is 1.31. The van der Waals surface area contributed by atoms with Gasteiger partial charge in [0.05, 0.1) is 12.0 Å². The Morgan fingerprint density at radius 2 is 2.08 bits per heavy atom. The summed E-state index contributed by atoms with van der Waals surface area (Å²) >= 11 is 0. The molecule has 0 saturated heterocycles. The van der Waals surface area contributed by atoms with Crippen LogP contribution in [0.1, 0.15) is 32.6 Å². The predicted molar refractivity (Wildman–Crippen MR) is 47.1 cm³/mol. The second-order valence-corrected chi connectivity index (χ2v) is 3.73. The summed E-state index contributed by atoms with van der Waals surface area (Å²) in [6.45, 7) is 1.65. The Morgan fingerprint density at radius 3 is 2.46 bits per heavy atom. The van der Waals surface area contributed by atoms with Crippen molar-refractivity contribution >= 4 is 11.7 Å². The molecule has 0 radical (unpaired) electrons. The van der Waals surface area contributed by atoms with E-state index in [9.17, 15) is 14.7 Å². The van der Waals surface area contributed by atoms with Crippen LogP contribution in [0.5, 0.6) is 0 Å². The van der Waals surface area contributed by atoms with E-state index in [0.717, 1.165) is 19.3 Å². The molecule has 0 bridgehead atoms. The van der Waals surface area contributed by atoms with Crippen molar-refractivity contribution in [3.8, 4) is 0 Å². The highest BCUT2D eigenvalue weighted by Crippen LogP contribution is 2.30. The summed E-state index contributed by atoms with van der Waals surface area (Å²) in [5.74, 6) is -0.453. The Hall–Kier alpha value is -0.900. The van der Waals surface area contributed by atoms with Gasteiger partial charge in [-0.2, -0.15) is 0 Å². The molecule has 1 saturated carbocycles. The molecule has 1 fully saturated rings. The zero-order valence-corrected chi connectivity index (χ0v) is 7.80. The number of hydrogen-bond donors (Lipinski definition) is 2. The van der Waals surface area contributed by atoms with Crippen molar-refractivity contribution in [2.75, 3.05) is 6.54 Å². The van der Waals surface area contributed by atoms with E-state index in [0.29, 0.717) is 0 Å². The van der Waals surface area contributed by atoms with Gasteiger partial charge in [-0.15, -0.1) is 0 Å². The average molecular weight is 185 g/mol. The van der Waals surface area contributed by atoms with Gasteiger partial charge in [0.2, 0.25) is 5.91 Å². The molecule has 0 atom stereocenters. The van der Waals surface area contributed by atoms with E-state index in [1.807, 2.05) is 0 Å². The van der Waals surface area contributed by atoms with Crippen molar-refractivity contribution in [2.24, 2.45) is 0 Å². The molecule has 0 aliphatic heterocycles. The molecule has 1 aliphatic rings. The quantitative estimate of drug-likeness (QED) is 0.606. The maximum Gasteiger partial charge on any atom is 0.227 e. The third-order valence-corrected chi connectivity index (χ3v) is 2.31. The van der Waals surface area contributed by atoms with E-state index in [1.54, 1.807) is 0 Å². The third-order valence-electron chi connectivity index (χ3n) is 2.31. The molecule has 4 nitrogen and oxygen atoms in total. The van der Waals surface area contributed by atoms with Crippen molar-refractivity contribution in [3.05, 3.63) is 0 Å². The minimum atomic E-state index is -0.702. The fraction of sp³-hybridized carbons (Fsp3) is 0.778. The molecule has 74 valence electrons. The highest BCUT2D eigenvalue weighted by atomic mass is 16.3. The standard InChI is InChI=1S/C9H15NO3/c1-7(11)5-8(12)10-6-9(13)3-2-4-9/h13H,2-6H2,1H3,(H,10,12). The highest BCUT2D eigenvalue weighted by molar-refractivity contribution is 5.96. The lowest BCUT2D eigenvalue weighted by Gasteiger charge is -2.36. The van der Waals surface area contributed by atoms with E-state index in [4.69, 9.17) is 0 Å². The van der Waals surface area contributed by atoms with Gasteiger partial charge in [-0.05, 0) is 26.2 Å². The van der Waals surface area contributed by atoms with Crippen molar-refractivity contribution in [2.45, 2.75) is 38.2 Å². The van der Waals surface area contributed by atoms with Crippen molar-refractivity contribution in [1.29, 1.82) is 0 Å². The third kappa shape index (κ3) is 3.14. The lowest BCUT2D eigenvalue weighted by molar-refractivity contribution is -0.128. The minimum Gasteiger partial charge on any atom is -0.388 e. The topological polar surface area (TPSA) is 66.4 Å². The number of Topliss-reactive ketones (excluding diaryl/α,β-unsaturated/α-hetero) is 1. The summed E-state index contributed by atoms with van der Waals surface area (Å²) < 4.78 is 0. The van der Waals surface area contributed by atoms with E-state index >= 15 is 0 Å². The van der Waals surface area contributed by atoms with Crippen LogP contribution in [0.4, 0.5) is 0 Å². The molecule has 0 aromatic rings. The maximum atomic E-state index is 11.0. The first-order valence-electron chi connectivity index (χ1n) is 4.50. The predicted octanol–water partition coefficient (Wildman–Crippen LogP) is -0.00330. The van der Waals surface area contributed by atoms with E-state index < -0.39 is 5.60 Å². The average Bonchev–Trinajstić information content (AvgIpc) is 1.96. The molecule has 13 heavy (non-hydrogen) atoms. The van der Waals surface area contributed by atoms with Crippen molar-refractivity contribution in [1.82, 2.24) is 5.32 Å². The van der Waals surface area contributed by atoms with Gasteiger partial charge in [-0.25, -0.2) is 0 Å². The smallest absolute Gasteiger partial charge is 0.227 e. The van der Waals surface area contributed by atoms with Crippen molar-refractivity contribution in [3.63, 3.8) is 0 Å². The van der Waals surface area contributed by atoms with Gasteiger partial charge < -0.3 is 10.4 Å². The number of carbonyl (C=O) groups is 2. The van der Waals surface area contributed by atoms with Gasteiger partial charge in [0.15, 0.2) is 0 Å². The van der Waals surface area contributed by atoms with Crippen LogP contribution in [-0.4, -0.2) is 28.9 Å². The first kappa shape index (κ1) is 10.2. The second-order valence-electron chi connectivity index (χ2n) is 3.73. The Bertz CT molecular complexity index is 221. The number of nitrogens with one attached hydrogen (secondary N) is 1. The minimum absolute atomic E-state index is 0.0872. The number of aliphatic hydroxyl groups is 1. The zero-order valence-electron chi connectivity index (χ0n) is 7.80. The van der Waals surface area contributed by atoms with Crippen LogP contribution in [0.2, 0.25) is 0 Å². The van der Waals surface area contributed by atoms with Gasteiger partial charge in [0.1, 0.15) is 5.78 Å². The van der Waals surface area contributed by atoms with Gasteiger partial charge in [-0.1, -0.05) is 0 Å². The number of carbonyl (C=O) groups excluding carboxylic acids is 2. The van der Waals surface area contributed by atoms with Crippen molar-refractivity contribution < 1.29 is 14.7 Å². The lowest BCUT2D eigenvalue weighted by atomic mass is 9.80. The largest absolute Gasteiger partial charge is 0.388 e. The van der Waals surface area contributed by atoms with E-state index in [2.05, 4.69) is 5.32 Å². The second kappa shape index (κ2) is 3.87. The Balaban J connectivity index is 2.18. The number of amides is 1. The van der Waals surface area contributed by atoms with Crippen LogP contribution < -0.4 is 5.32 Å². The molecule has 4 heteroatoms. The molecule has 2 N–H and O–H groups in total. The number of hydrogen-bond acceptors (Lipinski definition) is 3. The molecular formula is C9H15NO3. The van der Waals surface area contributed by atoms with Gasteiger partial charge in [-0.3, -0.25) is 9.59 Å². The molecule has 0 aromatic carbocycles. The Labute approximate surface area is 77.3 Å². The lowest BCUT2D eigenvalue weighted by Crippen LogP contribution is -2.47. The van der Waals surface area contributed by atoms with Gasteiger partial charge in [0.25, 0.3) is 0 Å². The summed E-state index contributed by atoms with van der Waals surface area (Å²) in [4.78, 5) is 21.5. The number of rotatable bonds is 4. The summed E-state index contributed by atoms with van der Waals surface area (Å²) in [6.07, 6.45) is 2.41. The van der Waals surface area contributed by atoms with E-state index in [-0.39, 0.29) is 24.7 Å². The molecule has 0 spiro atoms. The van der Waals surface area contributed by atoms with E-state index in [1.165, 1.54) is 6.92 Å². The van der Waals surface area contributed by atoms with Crippen LogP contribution in [0, 0.1) is 0 Å². The summed E-state index contributed by atoms with van der Waals surface area (Å²) in [6, 6.07) is 0. The Kier molecular flexibility index (Phi) is 3.03. The van der Waals surface area contributed by atoms with Crippen LogP contribution >= 0.6 is 0 Å². The first-order valence-corrected chi connectivity index (χ1v) is 4.50. The molecule has 1 amide bonds. The number of ketones is 1. The SMILES string of the molecule is CC(=O)CC(=O)NCC1(O)CCC1. The molecule has 0 heterocycles.